The van der Waals surface area contributed by atoms with Gasteiger partial charge in [-0.2, -0.15) is 0 Å². The molecule has 1 heterocycles. The third kappa shape index (κ3) is 3.78. The molecule has 0 spiro atoms. The number of pyridine rings is 1. The molecule has 0 saturated carbocycles. The van der Waals surface area contributed by atoms with Crippen LogP contribution < -0.4 is 10.1 Å². The molecular formula is C17H18Cl2N2O2. The normalized spacial score (nSPS) is 9.65. The maximum absolute atomic E-state index is 9.91. The minimum Gasteiger partial charge on any atom is -0.506 e. The third-order valence-electron chi connectivity index (χ3n) is 3.32. The molecular weight excluding hydrogens is 335 g/mol. The molecule has 6 heteroatoms. The number of ether oxygens (including phenoxy) is 1. The Labute approximate surface area is 147 Å². The number of nitrogens with one attached hydrogen (secondary N) is 1. The smallest absolute Gasteiger partial charge is 0.145 e. The number of methoxy groups -OCH3 is 1. The molecule has 0 aliphatic heterocycles. The fourth-order valence-corrected chi connectivity index (χ4v) is 2.34. The van der Waals surface area contributed by atoms with Gasteiger partial charge in [0.25, 0.3) is 0 Å². The van der Waals surface area contributed by atoms with E-state index < -0.39 is 0 Å². The average Bonchev–Trinajstić information content (AvgIpc) is 2.49. The zero-order valence-corrected chi connectivity index (χ0v) is 14.4. The summed E-state index contributed by atoms with van der Waals surface area (Å²) < 4.78 is 5.37. The number of aryl methyl sites for hydroxylation is 1. The van der Waals surface area contributed by atoms with Crippen molar-refractivity contribution in [3.8, 4) is 11.5 Å². The number of nitrogens with zero attached hydrogens (tertiary/aromatic N) is 1. The Kier molecular flexibility index (Phi) is 6.49. The largest absolute Gasteiger partial charge is 0.506 e. The van der Waals surface area contributed by atoms with E-state index in [0.29, 0.717) is 5.69 Å². The highest BCUT2D eigenvalue weighted by Crippen LogP contribution is 2.33. The van der Waals surface area contributed by atoms with Crippen LogP contribution in [0.5, 0.6) is 11.5 Å². The lowest BCUT2D eigenvalue weighted by Crippen LogP contribution is -1.96. The molecule has 1 aromatic heterocycles. The molecule has 2 aromatic carbocycles. The summed E-state index contributed by atoms with van der Waals surface area (Å²) in [6.45, 7) is 1.93. The Morgan fingerprint density at radius 3 is 2.43 bits per heavy atom. The van der Waals surface area contributed by atoms with Crippen LogP contribution in [0, 0.1) is 6.92 Å². The predicted octanol–water partition coefficient (Wildman–Crippen LogP) is 4.84. The van der Waals surface area contributed by atoms with Crippen molar-refractivity contribution >= 4 is 47.1 Å². The first kappa shape index (κ1) is 18.9. The van der Waals surface area contributed by atoms with Crippen LogP contribution in [0.25, 0.3) is 10.9 Å². The van der Waals surface area contributed by atoms with Crippen LogP contribution in [0.3, 0.4) is 0 Å². The van der Waals surface area contributed by atoms with E-state index in [1.807, 2.05) is 43.3 Å². The van der Waals surface area contributed by atoms with Gasteiger partial charge in [-0.15, -0.1) is 24.8 Å². The van der Waals surface area contributed by atoms with Crippen LogP contribution in [0.2, 0.25) is 0 Å². The number of aromatic hydroxyl groups is 1. The summed E-state index contributed by atoms with van der Waals surface area (Å²) in [4.78, 5) is 4.54. The number of halogens is 2. The number of anilines is 2. The lowest BCUT2D eigenvalue weighted by Gasteiger charge is -2.13. The van der Waals surface area contributed by atoms with Crippen LogP contribution in [-0.4, -0.2) is 17.2 Å². The Balaban J connectivity index is 0.00000132. The molecule has 23 heavy (non-hydrogen) atoms. The van der Waals surface area contributed by atoms with Gasteiger partial charge in [-0.3, -0.25) is 0 Å². The molecule has 0 aliphatic carbocycles. The Morgan fingerprint density at radius 1 is 1.00 bits per heavy atom. The number of phenolic OH excluding ortho intramolecular Hbond substituents is 1. The van der Waals surface area contributed by atoms with Gasteiger partial charge in [0, 0.05) is 16.8 Å². The van der Waals surface area contributed by atoms with Crippen LogP contribution in [-0.2, 0) is 0 Å². The quantitative estimate of drug-likeness (QED) is 0.662. The average molecular weight is 353 g/mol. The highest BCUT2D eigenvalue weighted by Gasteiger charge is 2.09. The molecule has 0 radical (unpaired) electrons. The van der Waals surface area contributed by atoms with Crippen molar-refractivity contribution in [1.82, 2.24) is 4.98 Å². The monoisotopic (exact) mass is 352 g/mol. The van der Waals surface area contributed by atoms with E-state index in [-0.39, 0.29) is 30.6 Å². The first-order valence-electron chi connectivity index (χ1n) is 6.68. The zero-order valence-electron chi connectivity index (χ0n) is 12.7. The van der Waals surface area contributed by atoms with Gasteiger partial charge < -0.3 is 15.2 Å². The number of hydrogen-bond donors (Lipinski definition) is 2. The highest BCUT2D eigenvalue weighted by molar-refractivity contribution is 5.96. The molecule has 122 valence electrons. The fraction of sp³-hybridized carbons (Fsp3) is 0.118. The molecule has 0 saturated heterocycles. The minimum absolute atomic E-state index is 0. The number of benzene rings is 2. The number of aromatic nitrogens is 1. The van der Waals surface area contributed by atoms with Gasteiger partial charge >= 0.3 is 0 Å². The number of hydrogen-bond acceptors (Lipinski definition) is 4. The molecule has 2 N–H and O–H groups in total. The van der Waals surface area contributed by atoms with E-state index >= 15 is 0 Å². The lowest BCUT2D eigenvalue weighted by atomic mass is 10.1. The van der Waals surface area contributed by atoms with Crippen molar-refractivity contribution in [2.45, 2.75) is 6.92 Å². The van der Waals surface area contributed by atoms with E-state index in [2.05, 4.69) is 10.3 Å². The van der Waals surface area contributed by atoms with Gasteiger partial charge in [-0.05, 0) is 31.2 Å². The Morgan fingerprint density at radius 2 is 1.74 bits per heavy atom. The van der Waals surface area contributed by atoms with E-state index in [0.717, 1.165) is 28.0 Å². The van der Waals surface area contributed by atoms with E-state index in [1.165, 1.54) is 0 Å². The number of para-hydroxylation sites is 3. The van der Waals surface area contributed by atoms with Gasteiger partial charge in [-0.25, -0.2) is 4.98 Å². The minimum atomic E-state index is 0. The molecule has 0 atom stereocenters. The number of rotatable bonds is 3. The topological polar surface area (TPSA) is 54.4 Å². The maximum Gasteiger partial charge on any atom is 0.145 e. The van der Waals surface area contributed by atoms with Crippen LogP contribution >= 0.6 is 24.8 Å². The second-order valence-corrected chi connectivity index (χ2v) is 4.81. The van der Waals surface area contributed by atoms with Crippen LogP contribution in [0.15, 0.2) is 48.5 Å². The molecule has 3 aromatic rings. The second-order valence-electron chi connectivity index (χ2n) is 4.81. The SMILES string of the molecule is COc1cccc2c(Nc3ccccc3O)cc(C)nc12.Cl.Cl. The predicted molar refractivity (Wildman–Crippen MR) is 98.9 cm³/mol. The van der Waals surface area contributed by atoms with Crippen molar-refractivity contribution in [2.75, 3.05) is 12.4 Å². The summed E-state index contributed by atoms with van der Waals surface area (Å²) in [6, 6.07) is 14.9. The van der Waals surface area contributed by atoms with Crippen molar-refractivity contribution in [3.63, 3.8) is 0 Å². The first-order valence-corrected chi connectivity index (χ1v) is 6.68. The van der Waals surface area contributed by atoms with E-state index in [1.54, 1.807) is 19.2 Å². The third-order valence-corrected chi connectivity index (χ3v) is 3.32. The molecule has 0 bridgehead atoms. The van der Waals surface area contributed by atoms with Crippen molar-refractivity contribution in [2.24, 2.45) is 0 Å². The number of fused-ring (bicyclic) bond motifs is 1. The van der Waals surface area contributed by atoms with Gasteiger partial charge in [0.2, 0.25) is 0 Å². The van der Waals surface area contributed by atoms with Crippen LogP contribution in [0.4, 0.5) is 11.4 Å². The number of phenols is 1. The summed E-state index contributed by atoms with van der Waals surface area (Å²) in [5, 5.41) is 14.1. The second kappa shape index (κ2) is 7.90. The lowest BCUT2D eigenvalue weighted by molar-refractivity contribution is 0.419. The van der Waals surface area contributed by atoms with Gasteiger partial charge in [0.15, 0.2) is 0 Å². The van der Waals surface area contributed by atoms with Gasteiger partial charge in [-0.1, -0.05) is 24.3 Å². The van der Waals surface area contributed by atoms with E-state index in [4.69, 9.17) is 4.74 Å². The fourth-order valence-electron chi connectivity index (χ4n) is 2.34. The van der Waals surface area contributed by atoms with Gasteiger partial charge in [0.1, 0.15) is 17.0 Å². The summed E-state index contributed by atoms with van der Waals surface area (Å²) in [5.41, 5.74) is 3.23. The molecule has 4 nitrogen and oxygen atoms in total. The van der Waals surface area contributed by atoms with Crippen molar-refractivity contribution in [3.05, 3.63) is 54.2 Å². The van der Waals surface area contributed by atoms with Gasteiger partial charge in [0.05, 0.1) is 12.8 Å². The highest BCUT2D eigenvalue weighted by atomic mass is 35.5. The standard InChI is InChI=1S/C17H16N2O2.2ClH/c1-11-10-14(19-13-7-3-4-8-15(13)20)12-6-5-9-16(21-2)17(12)18-11;;/h3-10,20H,1-2H3,(H,18,19);2*1H. The molecule has 0 unspecified atom stereocenters. The van der Waals surface area contributed by atoms with Crippen molar-refractivity contribution < 1.29 is 9.84 Å². The molecule has 3 rings (SSSR count). The summed E-state index contributed by atoms with van der Waals surface area (Å²) in [6.07, 6.45) is 0. The zero-order chi connectivity index (χ0) is 14.8. The van der Waals surface area contributed by atoms with Crippen molar-refractivity contribution in [1.29, 1.82) is 0 Å². The summed E-state index contributed by atoms with van der Waals surface area (Å²) >= 11 is 0. The Bertz CT molecular complexity index is 810. The maximum atomic E-state index is 9.91. The van der Waals surface area contributed by atoms with Crippen LogP contribution in [0.1, 0.15) is 5.69 Å². The van der Waals surface area contributed by atoms with E-state index in [9.17, 15) is 5.11 Å². The molecule has 0 amide bonds. The first-order chi connectivity index (χ1) is 10.2. The summed E-state index contributed by atoms with van der Waals surface area (Å²) in [5.74, 6) is 0.944. The molecule has 0 fully saturated rings. The Hall–Kier alpha value is -2.17. The summed E-state index contributed by atoms with van der Waals surface area (Å²) in [7, 11) is 1.63. The molecule has 0 aliphatic rings.